The largest absolute Gasteiger partial charge is 0.463 e. The quantitative estimate of drug-likeness (QED) is 0.560. The van der Waals surface area contributed by atoms with Gasteiger partial charge in [0, 0.05) is 5.39 Å². The zero-order valence-corrected chi connectivity index (χ0v) is 15.9. The molecule has 9 nitrogen and oxygen atoms in total. The molecular formula is C20H20N2O7. The topological polar surface area (TPSA) is 124 Å². The molecule has 0 bridgehead atoms. The normalized spacial score (nSPS) is 16.2. The minimum atomic E-state index is -0.930. The Hall–Kier alpha value is -3.62. The van der Waals surface area contributed by atoms with Crippen LogP contribution in [0.1, 0.15) is 30.6 Å². The van der Waals surface area contributed by atoms with Gasteiger partial charge in [-0.1, -0.05) is 25.1 Å². The highest BCUT2D eigenvalue weighted by atomic mass is 16.5. The Bertz CT molecular complexity index is 1050. The van der Waals surface area contributed by atoms with Crippen molar-refractivity contribution in [3.05, 3.63) is 57.6 Å². The zero-order chi connectivity index (χ0) is 21.0. The van der Waals surface area contributed by atoms with Crippen LogP contribution in [0.2, 0.25) is 0 Å². The molecule has 1 unspecified atom stereocenters. The van der Waals surface area contributed by atoms with Crippen LogP contribution in [0.4, 0.5) is 4.79 Å². The van der Waals surface area contributed by atoms with Gasteiger partial charge in [-0.2, -0.15) is 0 Å². The summed E-state index contributed by atoms with van der Waals surface area (Å²) in [5.41, 5.74) is -0.494. The molecule has 1 aromatic heterocycles. The van der Waals surface area contributed by atoms with Crippen LogP contribution in [-0.2, 0) is 14.3 Å². The first-order valence-electron chi connectivity index (χ1n) is 9.12. The molecule has 9 heteroatoms. The summed E-state index contributed by atoms with van der Waals surface area (Å²) < 4.78 is 15.4. The fourth-order valence-electron chi connectivity index (χ4n) is 3.00. The summed E-state index contributed by atoms with van der Waals surface area (Å²) in [5, 5.41) is 5.65. The summed E-state index contributed by atoms with van der Waals surface area (Å²) in [6.45, 7) is 3.19. The third-order valence-corrected chi connectivity index (χ3v) is 4.36. The molecule has 1 atom stereocenters. The highest BCUT2D eigenvalue weighted by Gasteiger charge is 2.32. The average Bonchev–Trinajstić information content (AvgIpc) is 2.71. The van der Waals surface area contributed by atoms with E-state index in [0.29, 0.717) is 17.4 Å². The molecular weight excluding hydrogens is 380 g/mol. The van der Waals surface area contributed by atoms with Gasteiger partial charge < -0.3 is 24.5 Å². The number of esters is 2. The first-order valence-corrected chi connectivity index (χ1v) is 9.12. The number of benzene rings is 1. The van der Waals surface area contributed by atoms with E-state index in [1.54, 1.807) is 38.1 Å². The van der Waals surface area contributed by atoms with Crippen molar-refractivity contribution >= 4 is 28.9 Å². The van der Waals surface area contributed by atoms with Gasteiger partial charge in [0.25, 0.3) is 0 Å². The minimum absolute atomic E-state index is 0.109. The van der Waals surface area contributed by atoms with E-state index in [4.69, 9.17) is 13.9 Å². The molecule has 1 aliphatic rings. The molecule has 0 saturated heterocycles. The zero-order valence-electron chi connectivity index (χ0n) is 15.9. The summed E-state index contributed by atoms with van der Waals surface area (Å²) in [5.74, 6) is -1.55. The fourth-order valence-corrected chi connectivity index (χ4v) is 3.00. The molecule has 0 aliphatic carbocycles. The standard InChI is InChI=1S/C20H20N2O7/c1-3-13-16(19(25)27-4-2)14(22-20(26)21-13)10-28-17(23)12-9-11-7-5-6-8-15(11)29-18(12)24/h5-9,13H,3-4,10H2,1-2H3,(H2,21,22,26). The van der Waals surface area contributed by atoms with Crippen LogP contribution in [0.3, 0.4) is 0 Å². The van der Waals surface area contributed by atoms with Gasteiger partial charge in [-0.25, -0.2) is 19.2 Å². The Morgan fingerprint density at radius 1 is 1.10 bits per heavy atom. The van der Waals surface area contributed by atoms with Gasteiger partial charge in [-0.3, -0.25) is 0 Å². The van der Waals surface area contributed by atoms with E-state index in [2.05, 4.69) is 10.6 Å². The average molecular weight is 400 g/mol. The molecule has 0 saturated carbocycles. The fraction of sp³-hybridized carbons (Fsp3) is 0.300. The van der Waals surface area contributed by atoms with Gasteiger partial charge >= 0.3 is 23.6 Å². The molecule has 3 rings (SSSR count). The molecule has 2 N–H and O–H groups in total. The van der Waals surface area contributed by atoms with Crippen LogP contribution < -0.4 is 16.3 Å². The van der Waals surface area contributed by atoms with Gasteiger partial charge in [-0.15, -0.1) is 0 Å². The third-order valence-electron chi connectivity index (χ3n) is 4.36. The molecule has 2 aromatic rings. The SMILES string of the molecule is CCOC(=O)C1=C(COC(=O)c2cc3ccccc3oc2=O)NC(=O)NC1CC. The number of para-hydroxylation sites is 1. The van der Waals surface area contributed by atoms with Crippen LogP contribution in [0, 0.1) is 0 Å². The van der Waals surface area contributed by atoms with Crippen LogP contribution in [0.25, 0.3) is 11.0 Å². The van der Waals surface area contributed by atoms with Crippen LogP contribution >= 0.6 is 0 Å². The monoisotopic (exact) mass is 400 g/mol. The van der Waals surface area contributed by atoms with E-state index in [1.807, 2.05) is 0 Å². The van der Waals surface area contributed by atoms with Crippen molar-refractivity contribution in [2.75, 3.05) is 13.2 Å². The van der Waals surface area contributed by atoms with Crippen molar-refractivity contribution in [2.45, 2.75) is 26.3 Å². The van der Waals surface area contributed by atoms with Gasteiger partial charge in [-0.05, 0) is 25.5 Å². The number of ether oxygens (including phenoxy) is 2. The second kappa shape index (κ2) is 8.59. The molecule has 1 aliphatic heterocycles. The van der Waals surface area contributed by atoms with E-state index in [1.165, 1.54) is 6.07 Å². The molecule has 2 amide bonds. The number of hydrogen-bond acceptors (Lipinski definition) is 7. The lowest BCUT2D eigenvalue weighted by atomic mass is 10.0. The van der Waals surface area contributed by atoms with Gasteiger partial charge in [0.05, 0.1) is 23.9 Å². The summed E-state index contributed by atoms with van der Waals surface area (Å²) in [6, 6.07) is 7.01. The van der Waals surface area contributed by atoms with Gasteiger partial charge in [0.1, 0.15) is 17.8 Å². The van der Waals surface area contributed by atoms with Crippen molar-refractivity contribution < 1.29 is 28.3 Å². The molecule has 152 valence electrons. The second-order valence-electron chi connectivity index (χ2n) is 6.23. The van der Waals surface area contributed by atoms with Crippen molar-refractivity contribution in [1.29, 1.82) is 0 Å². The Kier molecular flexibility index (Phi) is 5.96. The van der Waals surface area contributed by atoms with Gasteiger partial charge in [0.2, 0.25) is 0 Å². The third kappa shape index (κ3) is 4.29. The summed E-state index contributed by atoms with van der Waals surface area (Å²) >= 11 is 0. The van der Waals surface area contributed by atoms with Crippen molar-refractivity contribution in [3.63, 3.8) is 0 Å². The number of rotatable bonds is 6. The smallest absolute Gasteiger partial charge is 0.351 e. The number of carbonyl (C=O) groups is 3. The van der Waals surface area contributed by atoms with E-state index in [9.17, 15) is 19.2 Å². The van der Waals surface area contributed by atoms with E-state index >= 15 is 0 Å². The van der Waals surface area contributed by atoms with E-state index in [-0.39, 0.29) is 23.4 Å². The van der Waals surface area contributed by atoms with E-state index in [0.717, 1.165) is 0 Å². The summed E-state index contributed by atoms with van der Waals surface area (Å²) in [4.78, 5) is 48.7. The number of nitrogens with one attached hydrogen (secondary N) is 2. The number of amides is 2. The maximum absolute atomic E-state index is 12.4. The lowest BCUT2D eigenvalue weighted by Gasteiger charge is -2.28. The second-order valence-corrected chi connectivity index (χ2v) is 6.23. The van der Waals surface area contributed by atoms with Crippen LogP contribution in [0.5, 0.6) is 0 Å². The maximum Gasteiger partial charge on any atom is 0.351 e. The molecule has 0 fully saturated rings. The molecule has 2 heterocycles. The summed E-state index contributed by atoms with van der Waals surface area (Å²) in [7, 11) is 0. The number of carbonyl (C=O) groups excluding carboxylic acids is 3. The molecule has 29 heavy (non-hydrogen) atoms. The Labute approximate surface area is 165 Å². The highest BCUT2D eigenvalue weighted by molar-refractivity contribution is 5.95. The summed E-state index contributed by atoms with van der Waals surface area (Å²) in [6.07, 6.45) is 0.438. The Morgan fingerprint density at radius 3 is 2.59 bits per heavy atom. The Balaban J connectivity index is 1.86. The van der Waals surface area contributed by atoms with E-state index < -0.39 is 36.2 Å². The molecule has 0 spiro atoms. The molecule has 0 radical (unpaired) electrons. The number of fused-ring (bicyclic) bond motifs is 1. The lowest BCUT2D eigenvalue weighted by Crippen LogP contribution is -2.51. The highest BCUT2D eigenvalue weighted by Crippen LogP contribution is 2.18. The van der Waals surface area contributed by atoms with Gasteiger partial charge in [0.15, 0.2) is 0 Å². The van der Waals surface area contributed by atoms with Crippen molar-refractivity contribution in [2.24, 2.45) is 0 Å². The maximum atomic E-state index is 12.4. The number of hydrogen-bond donors (Lipinski definition) is 2. The predicted octanol–water partition coefficient (Wildman–Crippen LogP) is 1.86. The minimum Gasteiger partial charge on any atom is -0.463 e. The molecule has 1 aromatic carbocycles. The number of urea groups is 1. The predicted molar refractivity (Wildman–Crippen MR) is 102 cm³/mol. The van der Waals surface area contributed by atoms with Crippen molar-refractivity contribution in [1.82, 2.24) is 10.6 Å². The van der Waals surface area contributed by atoms with Crippen molar-refractivity contribution in [3.8, 4) is 0 Å². The Morgan fingerprint density at radius 2 is 1.86 bits per heavy atom. The first kappa shape index (κ1) is 20.1. The van der Waals surface area contributed by atoms with Crippen LogP contribution in [0.15, 0.2) is 50.8 Å². The van der Waals surface area contributed by atoms with Crippen LogP contribution in [-0.4, -0.2) is 37.2 Å². The first-order chi connectivity index (χ1) is 13.9. The lowest BCUT2D eigenvalue weighted by molar-refractivity contribution is -0.139.